The molecule has 0 spiro atoms. The maximum Gasteiger partial charge on any atom is 0.313 e. The first-order valence-corrected chi connectivity index (χ1v) is 8.31. The maximum atomic E-state index is 12.1. The van der Waals surface area contributed by atoms with Gasteiger partial charge in [0.1, 0.15) is 19.6 Å². The fourth-order valence-corrected chi connectivity index (χ4v) is 2.15. The molecule has 0 aliphatic heterocycles. The lowest BCUT2D eigenvalue weighted by Crippen LogP contribution is -2.27. The summed E-state index contributed by atoms with van der Waals surface area (Å²) >= 11 is 0. The molecular formula is C21H22O5. The molecule has 1 atom stereocenters. The van der Waals surface area contributed by atoms with E-state index in [-0.39, 0.29) is 18.8 Å². The normalized spacial score (nSPS) is 11.3. The molecule has 0 amide bonds. The van der Waals surface area contributed by atoms with Crippen LogP contribution in [-0.2, 0) is 20.9 Å². The molecule has 0 bridgehead atoms. The zero-order valence-electron chi connectivity index (χ0n) is 14.7. The van der Waals surface area contributed by atoms with Crippen LogP contribution in [0.15, 0.2) is 67.3 Å². The summed E-state index contributed by atoms with van der Waals surface area (Å²) < 4.78 is 16.3. The van der Waals surface area contributed by atoms with Crippen LogP contribution in [0.3, 0.4) is 0 Å². The van der Waals surface area contributed by atoms with Crippen molar-refractivity contribution in [2.75, 3.05) is 6.61 Å². The molecule has 2 aromatic rings. The third kappa shape index (κ3) is 6.09. The summed E-state index contributed by atoms with van der Waals surface area (Å²) in [5.41, 5.74) is 1.02. The van der Waals surface area contributed by atoms with Crippen LogP contribution in [0.25, 0.3) is 0 Å². The predicted molar refractivity (Wildman–Crippen MR) is 98.1 cm³/mol. The molecular weight excluding hydrogens is 332 g/mol. The number of carbonyl (C=O) groups is 2. The number of carbonyl (C=O) groups excluding carboxylic acids is 2. The van der Waals surface area contributed by atoms with E-state index in [1.807, 2.05) is 36.4 Å². The van der Waals surface area contributed by atoms with Crippen LogP contribution in [0.4, 0.5) is 0 Å². The lowest BCUT2D eigenvalue weighted by molar-refractivity contribution is -0.146. The number of ketones is 1. The van der Waals surface area contributed by atoms with Gasteiger partial charge in [-0.15, -0.1) is 0 Å². The van der Waals surface area contributed by atoms with Gasteiger partial charge in [0.2, 0.25) is 0 Å². The minimum absolute atomic E-state index is 0.0809. The first kappa shape index (κ1) is 19.2. The van der Waals surface area contributed by atoms with E-state index in [0.29, 0.717) is 18.1 Å². The molecule has 0 aromatic heterocycles. The fourth-order valence-electron chi connectivity index (χ4n) is 2.15. The molecule has 0 heterocycles. The second-order valence-corrected chi connectivity index (χ2v) is 5.60. The van der Waals surface area contributed by atoms with Gasteiger partial charge in [-0.05, 0) is 24.6 Å². The summed E-state index contributed by atoms with van der Waals surface area (Å²) in [5.74, 6) is 0.0184. The number of benzene rings is 2. The van der Waals surface area contributed by atoms with Gasteiger partial charge in [0.05, 0.1) is 0 Å². The lowest BCUT2D eigenvalue weighted by Gasteiger charge is -2.16. The summed E-state index contributed by atoms with van der Waals surface area (Å²) in [6.07, 6.45) is 0.303. The topological polar surface area (TPSA) is 61.8 Å². The second-order valence-electron chi connectivity index (χ2n) is 5.60. The number of para-hydroxylation sites is 2. The van der Waals surface area contributed by atoms with Crippen molar-refractivity contribution in [1.29, 1.82) is 0 Å². The number of Topliss-reactive ketones (excluding diaryl/α,β-unsaturated/α-hetero) is 1. The van der Waals surface area contributed by atoms with Crippen LogP contribution in [0.2, 0.25) is 0 Å². The first-order valence-electron chi connectivity index (χ1n) is 8.31. The Bertz CT molecular complexity index is 739. The molecule has 5 nitrogen and oxygen atoms in total. The Kier molecular flexibility index (Phi) is 7.43. The number of esters is 1. The summed E-state index contributed by atoms with van der Waals surface area (Å²) in [6, 6.07) is 16.9. The van der Waals surface area contributed by atoms with Crippen molar-refractivity contribution in [2.24, 2.45) is 0 Å². The van der Waals surface area contributed by atoms with Crippen molar-refractivity contribution < 1.29 is 23.8 Å². The van der Waals surface area contributed by atoms with Crippen LogP contribution in [0.1, 0.15) is 18.9 Å². The highest BCUT2D eigenvalue weighted by Crippen LogP contribution is 2.28. The Hall–Kier alpha value is -3.08. The Morgan fingerprint density at radius 2 is 1.69 bits per heavy atom. The van der Waals surface area contributed by atoms with E-state index < -0.39 is 12.1 Å². The maximum absolute atomic E-state index is 12.1. The Morgan fingerprint density at radius 1 is 1.04 bits per heavy atom. The fraction of sp³-hybridized carbons (Fsp3) is 0.238. The largest absolute Gasteiger partial charge is 0.485 e. The standard InChI is InChI=1S/C21H22O5/c1-3-13-24-21(23)14-18(22)16(2)26-20-12-8-7-11-19(20)25-15-17-9-5-4-6-10-17/h3-12,16H,1,13-15H2,2H3. The molecule has 26 heavy (non-hydrogen) atoms. The van der Waals surface area contributed by atoms with Crippen molar-refractivity contribution in [1.82, 2.24) is 0 Å². The minimum Gasteiger partial charge on any atom is -0.485 e. The second kappa shape index (κ2) is 10.0. The number of hydrogen-bond donors (Lipinski definition) is 0. The van der Waals surface area contributed by atoms with Gasteiger partial charge in [-0.1, -0.05) is 55.1 Å². The van der Waals surface area contributed by atoms with E-state index >= 15 is 0 Å². The van der Waals surface area contributed by atoms with Gasteiger partial charge in [-0.3, -0.25) is 9.59 Å². The van der Waals surface area contributed by atoms with Gasteiger partial charge in [0.15, 0.2) is 23.4 Å². The van der Waals surface area contributed by atoms with Gasteiger partial charge >= 0.3 is 5.97 Å². The molecule has 136 valence electrons. The highest BCUT2D eigenvalue weighted by Gasteiger charge is 2.20. The molecule has 2 rings (SSSR count). The van der Waals surface area contributed by atoms with E-state index in [4.69, 9.17) is 14.2 Å². The molecule has 5 heteroatoms. The molecule has 0 fully saturated rings. The third-order valence-corrected chi connectivity index (χ3v) is 3.52. The highest BCUT2D eigenvalue weighted by molar-refractivity contribution is 5.98. The molecule has 0 N–H and O–H groups in total. The summed E-state index contributed by atoms with van der Waals surface area (Å²) in [4.78, 5) is 23.6. The van der Waals surface area contributed by atoms with Crippen LogP contribution in [0.5, 0.6) is 11.5 Å². The van der Waals surface area contributed by atoms with Gasteiger partial charge in [0, 0.05) is 0 Å². The monoisotopic (exact) mass is 354 g/mol. The average molecular weight is 354 g/mol. The van der Waals surface area contributed by atoms with Gasteiger partial charge < -0.3 is 14.2 Å². The molecule has 0 saturated heterocycles. The Balaban J connectivity index is 1.94. The summed E-state index contributed by atoms with van der Waals surface area (Å²) in [5, 5.41) is 0. The van der Waals surface area contributed by atoms with E-state index in [1.54, 1.807) is 25.1 Å². The molecule has 2 aromatic carbocycles. The zero-order valence-corrected chi connectivity index (χ0v) is 14.7. The summed E-state index contributed by atoms with van der Waals surface area (Å²) in [6.45, 7) is 5.51. The smallest absolute Gasteiger partial charge is 0.313 e. The first-order chi connectivity index (χ1) is 12.6. The van der Waals surface area contributed by atoms with Gasteiger partial charge in [-0.2, -0.15) is 0 Å². The van der Waals surface area contributed by atoms with Crippen molar-refractivity contribution in [3.05, 3.63) is 72.8 Å². The van der Waals surface area contributed by atoms with Crippen LogP contribution in [-0.4, -0.2) is 24.5 Å². The number of ether oxygens (including phenoxy) is 3. The van der Waals surface area contributed by atoms with Crippen molar-refractivity contribution in [3.63, 3.8) is 0 Å². The molecule has 0 radical (unpaired) electrons. The van der Waals surface area contributed by atoms with Crippen LogP contribution >= 0.6 is 0 Å². The number of hydrogen-bond acceptors (Lipinski definition) is 5. The average Bonchev–Trinajstić information content (AvgIpc) is 2.66. The van der Waals surface area contributed by atoms with E-state index in [0.717, 1.165) is 5.56 Å². The van der Waals surface area contributed by atoms with E-state index in [2.05, 4.69) is 6.58 Å². The zero-order chi connectivity index (χ0) is 18.8. The molecule has 0 saturated carbocycles. The highest BCUT2D eigenvalue weighted by atomic mass is 16.5. The van der Waals surface area contributed by atoms with Crippen LogP contribution < -0.4 is 9.47 Å². The van der Waals surface area contributed by atoms with E-state index in [9.17, 15) is 9.59 Å². The van der Waals surface area contributed by atoms with Gasteiger partial charge in [-0.25, -0.2) is 0 Å². The Labute approximate surface area is 153 Å². The molecule has 0 aliphatic rings. The number of rotatable bonds is 10. The van der Waals surface area contributed by atoms with Crippen molar-refractivity contribution in [2.45, 2.75) is 26.1 Å². The van der Waals surface area contributed by atoms with Crippen LogP contribution in [0, 0.1) is 0 Å². The quantitative estimate of drug-likeness (QED) is 0.370. The predicted octanol–water partition coefficient (Wildman–Crippen LogP) is 3.72. The minimum atomic E-state index is -0.798. The molecule has 0 aliphatic carbocycles. The Morgan fingerprint density at radius 3 is 2.38 bits per heavy atom. The molecule has 1 unspecified atom stereocenters. The SMILES string of the molecule is C=CCOC(=O)CC(=O)C(C)Oc1ccccc1OCc1ccccc1. The van der Waals surface area contributed by atoms with Crippen molar-refractivity contribution in [3.8, 4) is 11.5 Å². The summed E-state index contributed by atoms with van der Waals surface area (Å²) in [7, 11) is 0. The van der Waals surface area contributed by atoms with Gasteiger partial charge in [0.25, 0.3) is 0 Å². The third-order valence-electron chi connectivity index (χ3n) is 3.52. The lowest BCUT2D eigenvalue weighted by atomic mass is 10.2. The van der Waals surface area contributed by atoms with Crippen molar-refractivity contribution >= 4 is 11.8 Å². The van der Waals surface area contributed by atoms with E-state index in [1.165, 1.54) is 6.08 Å².